The maximum Gasteiger partial charge on any atom is 0.0680 e. The number of para-hydroxylation sites is 2. The zero-order valence-electron chi connectivity index (χ0n) is 25.6. The predicted octanol–water partition coefficient (Wildman–Crippen LogP) is 8.38. The van der Waals surface area contributed by atoms with Gasteiger partial charge in [0, 0.05) is 57.8 Å². The fraction of sp³-hybridized carbons (Fsp3) is 0.389. The van der Waals surface area contributed by atoms with Gasteiger partial charge in [0.1, 0.15) is 0 Å². The van der Waals surface area contributed by atoms with Crippen LogP contribution >= 0.6 is 0 Å². The lowest BCUT2D eigenvalue weighted by atomic mass is 10.1. The molecule has 4 heterocycles. The fourth-order valence-electron chi connectivity index (χ4n) is 6.67. The van der Waals surface area contributed by atoms with Gasteiger partial charge in [0.25, 0.3) is 0 Å². The zero-order chi connectivity index (χ0) is 29.2. The molecule has 0 aliphatic rings. The summed E-state index contributed by atoms with van der Waals surface area (Å²) in [7, 11) is 0. The van der Waals surface area contributed by atoms with E-state index in [0.717, 1.165) is 50.4 Å². The minimum atomic E-state index is 0.368. The third kappa shape index (κ3) is 5.41. The molecule has 0 saturated carbocycles. The number of pyridine rings is 2. The molecule has 6 nitrogen and oxygen atoms in total. The Kier molecular flexibility index (Phi) is 8.27. The van der Waals surface area contributed by atoms with Gasteiger partial charge in [-0.2, -0.15) is 0 Å². The summed E-state index contributed by atoms with van der Waals surface area (Å²) in [6.45, 7) is 12.3. The number of nitrogens with zero attached hydrogens (tertiary/aromatic N) is 5. The molecule has 6 rings (SSSR count). The minimum absolute atomic E-state index is 0.368. The van der Waals surface area contributed by atoms with E-state index in [1.54, 1.807) is 0 Å². The lowest BCUT2D eigenvalue weighted by molar-refractivity contribution is 0.245. The Morgan fingerprint density at radius 3 is 1.57 bits per heavy atom. The largest absolute Gasteiger partial charge is 0.337 e. The summed E-state index contributed by atoms with van der Waals surface area (Å²) in [5, 5.41) is 5.17. The normalized spacial score (nSPS) is 12.4. The van der Waals surface area contributed by atoms with Crippen molar-refractivity contribution in [2.75, 3.05) is 13.1 Å². The molecule has 0 spiro atoms. The molecule has 2 N–H and O–H groups in total. The van der Waals surface area contributed by atoms with Crippen molar-refractivity contribution in [2.24, 2.45) is 5.73 Å². The number of aromatic nitrogens is 4. The van der Waals surface area contributed by atoms with Crippen LogP contribution in [0.25, 0.3) is 43.6 Å². The molecule has 218 valence electrons. The van der Waals surface area contributed by atoms with Gasteiger partial charge < -0.3 is 14.9 Å². The Morgan fingerprint density at radius 2 is 1.10 bits per heavy atom. The molecule has 0 unspecified atom stereocenters. The SMILES string of the molecule is CC(C)n1c2ccccc2c2cc(CN(CCCCCCN)Cc3cc4c5ccccc5n(C(C)C)c4cn3)ncc21. The first-order valence-corrected chi connectivity index (χ1v) is 15.6. The Labute approximate surface area is 249 Å². The molecule has 0 aliphatic carbocycles. The van der Waals surface area contributed by atoms with Gasteiger partial charge in [-0.1, -0.05) is 49.2 Å². The van der Waals surface area contributed by atoms with E-state index in [1.165, 1.54) is 56.5 Å². The van der Waals surface area contributed by atoms with Gasteiger partial charge in [0.2, 0.25) is 0 Å². The molecule has 0 radical (unpaired) electrons. The predicted molar refractivity (Wildman–Crippen MR) is 177 cm³/mol. The van der Waals surface area contributed by atoms with Gasteiger partial charge in [-0.15, -0.1) is 0 Å². The number of rotatable bonds is 12. The van der Waals surface area contributed by atoms with Crippen LogP contribution in [-0.4, -0.2) is 37.1 Å². The highest BCUT2D eigenvalue weighted by molar-refractivity contribution is 6.08. The van der Waals surface area contributed by atoms with Crippen molar-refractivity contribution in [1.82, 2.24) is 24.0 Å². The second-order valence-electron chi connectivity index (χ2n) is 12.3. The van der Waals surface area contributed by atoms with Crippen molar-refractivity contribution in [3.8, 4) is 0 Å². The first kappa shape index (κ1) is 28.4. The first-order valence-electron chi connectivity index (χ1n) is 15.6. The summed E-state index contributed by atoms with van der Waals surface area (Å²) in [5.41, 5.74) is 12.9. The highest BCUT2D eigenvalue weighted by atomic mass is 15.1. The second-order valence-corrected chi connectivity index (χ2v) is 12.3. The molecule has 0 aliphatic heterocycles. The van der Waals surface area contributed by atoms with Gasteiger partial charge >= 0.3 is 0 Å². The van der Waals surface area contributed by atoms with Crippen molar-refractivity contribution in [1.29, 1.82) is 0 Å². The van der Waals surface area contributed by atoms with Crippen LogP contribution < -0.4 is 5.73 Å². The van der Waals surface area contributed by atoms with Crippen molar-refractivity contribution in [2.45, 2.75) is 78.6 Å². The van der Waals surface area contributed by atoms with Gasteiger partial charge in [-0.25, -0.2) is 0 Å². The maximum atomic E-state index is 5.75. The van der Waals surface area contributed by atoms with E-state index < -0.39 is 0 Å². The second kappa shape index (κ2) is 12.2. The molecule has 2 aromatic carbocycles. The molecule has 0 atom stereocenters. The average molecular weight is 561 g/mol. The smallest absolute Gasteiger partial charge is 0.0680 e. The van der Waals surface area contributed by atoms with Crippen LogP contribution in [0.4, 0.5) is 0 Å². The Balaban J connectivity index is 1.33. The van der Waals surface area contributed by atoms with E-state index in [4.69, 9.17) is 15.7 Å². The van der Waals surface area contributed by atoms with Crippen LogP contribution in [0, 0.1) is 0 Å². The van der Waals surface area contributed by atoms with Crippen LogP contribution in [0.5, 0.6) is 0 Å². The Hall–Kier alpha value is -3.74. The summed E-state index contributed by atoms with van der Waals surface area (Å²) >= 11 is 0. The van der Waals surface area contributed by atoms with E-state index in [0.29, 0.717) is 12.1 Å². The Morgan fingerprint density at radius 1 is 0.619 bits per heavy atom. The van der Waals surface area contributed by atoms with Gasteiger partial charge in [0.15, 0.2) is 0 Å². The van der Waals surface area contributed by atoms with Crippen LogP contribution in [0.2, 0.25) is 0 Å². The molecule has 4 aromatic heterocycles. The third-order valence-electron chi connectivity index (χ3n) is 8.54. The summed E-state index contributed by atoms with van der Waals surface area (Å²) in [5.74, 6) is 0. The maximum absolute atomic E-state index is 5.75. The van der Waals surface area contributed by atoms with E-state index in [1.807, 2.05) is 0 Å². The molecule has 42 heavy (non-hydrogen) atoms. The molecule has 0 fully saturated rings. The summed E-state index contributed by atoms with van der Waals surface area (Å²) in [4.78, 5) is 12.5. The standard InChI is InChI=1S/C36H44N6/c1-25(2)41-33-15-9-7-13-29(33)31-19-27(38-21-35(31)41)23-40(18-12-6-5-11-17-37)24-28-20-32-30-14-8-10-16-34(30)42(26(3)4)36(32)22-39-28/h7-10,13-16,19-22,25-26H,5-6,11-12,17-18,23-24,37H2,1-4H3. The molecule has 6 aromatic rings. The number of nitrogens with two attached hydrogens (primary N) is 1. The first-order chi connectivity index (χ1) is 20.5. The van der Waals surface area contributed by atoms with Crippen molar-refractivity contribution >= 4 is 43.6 Å². The minimum Gasteiger partial charge on any atom is -0.337 e. The number of hydrogen-bond acceptors (Lipinski definition) is 4. The topological polar surface area (TPSA) is 64.9 Å². The van der Waals surface area contributed by atoms with Gasteiger partial charge in [0.05, 0.1) is 34.8 Å². The monoisotopic (exact) mass is 560 g/mol. The van der Waals surface area contributed by atoms with E-state index in [9.17, 15) is 0 Å². The fourth-order valence-corrected chi connectivity index (χ4v) is 6.67. The van der Waals surface area contributed by atoms with Crippen molar-refractivity contribution in [3.63, 3.8) is 0 Å². The Bertz CT molecular complexity index is 1700. The van der Waals surface area contributed by atoms with E-state index in [2.05, 4.69) is 115 Å². The molecule has 6 heteroatoms. The third-order valence-corrected chi connectivity index (χ3v) is 8.54. The molecule has 0 amide bonds. The van der Waals surface area contributed by atoms with Crippen LogP contribution in [-0.2, 0) is 13.1 Å². The van der Waals surface area contributed by atoms with Gasteiger partial charge in [-0.3, -0.25) is 14.9 Å². The van der Waals surface area contributed by atoms with Crippen LogP contribution in [0.3, 0.4) is 0 Å². The molecular formula is C36H44N6. The van der Waals surface area contributed by atoms with Gasteiger partial charge in [-0.05, 0) is 77.9 Å². The van der Waals surface area contributed by atoms with Crippen LogP contribution in [0.15, 0.2) is 73.1 Å². The number of unbranched alkanes of at least 4 members (excludes halogenated alkanes) is 3. The summed E-state index contributed by atoms with van der Waals surface area (Å²) in [6.07, 6.45) is 8.77. The quantitative estimate of drug-likeness (QED) is 0.153. The highest BCUT2D eigenvalue weighted by Crippen LogP contribution is 2.33. The summed E-state index contributed by atoms with van der Waals surface area (Å²) in [6, 6.07) is 22.8. The molecule has 0 saturated heterocycles. The van der Waals surface area contributed by atoms with Crippen LogP contribution in [0.1, 0.15) is 76.8 Å². The average Bonchev–Trinajstić information content (AvgIpc) is 3.49. The zero-order valence-corrected chi connectivity index (χ0v) is 25.6. The number of fused-ring (bicyclic) bond motifs is 6. The molecular weight excluding hydrogens is 516 g/mol. The molecule has 0 bridgehead atoms. The van der Waals surface area contributed by atoms with E-state index >= 15 is 0 Å². The van der Waals surface area contributed by atoms with Crippen molar-refractivity contribution in [3.05, 3.63) is 84.4 Å². The summed E-state index contributed by atoms with van der Waals surface area (Å²) < 4.78 is 4.81. The number of hydrogen-bond donors (Lipinski definition) is 1. The van der Waals surface area contributed by atoms with Crippen molar-refractivity contribution < 1.29 is 0 Å². The van der Waals surface area contributed by atoms with E-state index in [-0.39, 0.29) is 0 Å². The highest BCUT2D eigenvalue weighted by Gasteiger charge is 2.17. The lowest BCUT2D eigenvalue weighted by Crippen LogP contribution is -2.25. The number of benzene rings is 2. The lowest BCUT2D eigenvalue weighted by Gasteiger charge is -2.22.